The van der Waals surface area contributed by atoms with Gasteiger partial charge in [0.05, 0.1) is 0 Å². The molecule has 0 bridgehead atoms. The van der Waals surface area contributed by atoms with Gasteiger partial charge in [-0.15, -0.1) is 0 Å². The van der Waals surface area contributed by atoms with Gasteiger partial charge in [-0.1, -0.05) is 0 Å². The van der Waals surface area contributed by atoms with Gasteiger partial charge in [0, 0.05) is 0 Å². The van der Waals surface area contributed by atoms with E-state index in [1.807, 2.05) is 0 Å². The molecular weight excluding hydrogens is 296 g/mol. The van der Waals surface area contributed by atoms with Crippen LogP contribution in [0.4, 0.5) is 0 Å². The van der Waals surface area contributed by atoms with Gasteiger partial charge in [-0.2, -0.15) is 0 Å². The van der Waals surface area contributed by atoms with E-state index in [2.05, 4.69) is 41.5 Å². The number of fused-ring (bicyclic) bond motifs is 10. The maximum absolute atomic E-state index is 3.04. The van der Waals surface area contributed by atoms with Crippen molar-refractivity contribution in [3.05, 3.63) is 0 Å². The summed E-state index contributed by atoms with van der Waals surface area (Å²) in [6.07, 6.45) is 3.37. The van der Waals surface area contributed by atoms with Crippen molar-refractivity contribution in [3.8, 4) is 0 Å². The normalized spacial score (nSPS) is 104. The third kappa shape index (κ3) is 0.124. The van der Waals surface area contributed by atoms with Crippen LogP contribution in [0.1, 0.15) is 54.4 Å². The van der Waals surface area contributed by atoms with E-state index in [9.17, 15) is 0 Å². The molecule has 10 aliphatic rings. The summed E-state index contributed by atoms with van der Waals surface area (Å²) in [5, 5.41) is 0. The first-order valence-electron chi connectivity index (χ1n) is 9.56. The number of hydrogen-bond acceptors (Lipinski definition) is 0. The fraction of sp³-hybridized carbons (Fsp3) is 1.00. The molecule has 8 atom stereocenters. The second-order valence-corrected chi connectivity index (χ2v) is 39.0. The summed E-state index contributed by atoms with van der Waals surface area (Å²) in [7, 11) is 0. The second kappa shape index (κ2) is 0.857. The zero-order valence-corrected chi connectivity index (χ0v) is 15.5. The first-order chi connectivity index (χ1) is 9.35. The van der Waals surface area contributed by atoms with Gasteiger partial charge in [0.15, 0.2) is 0 Å². The summed E-state index contributed by atoms with van der Waals surface area (Å²) in [4.78, 5) is 11.8. The van der Waals surface area contributed by atoms with Gasteiger partial charge in [-0.05, 0) is 0 Å². The summed E-state index contributed by atoms with van der Waals surface area (Å²) in [6, 6.07) is 0. The molecule has 0 saturated carbocycles. The quantitative estimate of drug-likeness (QED) is 0.480. The van der Waals surface area contributed by atoms with Crippen molar-refractivity contribution >= 4 is 0 Å². The van der Waals surface area contributed by atoms with E-state index in [-0.39, 0.29) is 0 Å². The Morgan fingerprint density at radius 1 is 0.619 bits per heavy atom. The van der Waals surface area contributed by atoms with Crippen LogP contribution in [-0.2, 0) is 6.51 Å². The van der Waals surface area contributed by atoms with Crippen molar-refractivity contribution in [1.82, 2.24) is 0 Å². The van der Waals surface area contributed by atoms with Gasteiger partial charge in [-0.25, -0.2) is 0 Å². The predicted octanol–water partition coefficient (Wildman–Crippen LogP) is 6.99. The van der Waals surface area contributed by atoms with Crippen molar-refractivity contribution in [3.63, 3.8) is 0 Å². The SMILES string of the molecule is CC(C)(C)C[C]12[CH]3[CH]4[CH]5[CH]1[Fe]45321678[CH]2[CH]1[CH]6[C]7(CC(C)(C)C)[CH]28. The molecule has 0 radical (unpaired) electrons. The Balaban J connectivity index is 1.40. The summed E-state index contributed by atoms with van der Waals surface area (Å²) >= 11 is 0. The number of rotatable bonds is 2. The molecule has 10 fully saturated rings. The maximum atomic E-state index is 2.57. The molecule has 0 aliphatic carbocycles. The summed E-state index contributed by atoms with van der Waals surface area (Å²) in [5.41, 5.74) is 1.22. The van der Waals surface area contributed by atoms with Crippen LogP contribution in [0.15, 0.2) is 0 Å². The van der Waals surface area contributed by atoms with E-state index in [1.165, 1.54) is 38.5 Å². The van der Waals surface area contributed by atoms with Gasteiger partial charge < -0.3 is 0 Å². The molecule has 1 heteroatoms. The molecule has 0 aromatic heterocycles. The first-order valence-corrected chi connectivity index (χ1v) is 15.8. The standard InChI is InChI=1S/2C10H15.Fe/c2*1-10(2,3)8-9-6-4-5-7-9;/h2*4-7H,8H2,1-3H3;. The van der Waals surface area contributed by atoms with Crippen molar-refractivity contribution in [1.29, 1.82) is 0 Å². The fourth-order valence-corrected chi connectivity index (χ4v) is 98.3. The topological polar surface area (TPSA) is 0 Å². The third-order valence-corrected chi connectivity index (χ3v) is 61.0. The Hall–Kier alpha value is 0.519. The van der Waals surface area contributed by atoms with Gasteiger partial charge in [-0.3, -0.25) is 0 Å². The van der Waals surface area contributed by atoms with Gasteiger partial charge in [0.25, 0.3) is 0 Å². The van der Waals surface area contributed by atoms with E-state index in [4.69, 9.17) is 0 Å². The fourth-order valence-electron chi connectivity index (χ4n) is 20.0. The molecule has 21 heavy (non-hydrogen) atoms. The zero-order valence-electron chi connectivity index (χ0n) is 14.4. The van der Waals surface area contributed by atoms with Gasteiger partial charge >= 0.3 is 119 Å². The van der Waals surface area contributed by atoms with E-state index in [0.29, 0.717) is 10.8 Å². The van der Waals surface area contributed by atoms with Crippen molar-refractivity contribution in [2.75, 3.05) is 0 Å². The third-order valence-electron chi connectivity index (χ3n) is 17.0. The van der Waals surface area contributed by atoms with Crippen LogP contribution in [0.5, 0.6) is 0 Å². The van der Waals surface area contributed by atoms with E-state index in [1.54, 1.807) is 12.8 Å². The summed E-state index contributed by atoms with van der Waals surface area (Å²) in [5.74, 6) is 0. The predicted molar refractivity (Wildman–Crippen MR) is 83.5 cm³/mol. The first kappa shape index (κ1) is 9.73. The van der Waals surface area contributed by atoms with Crippen LogP contribution in [-0.4, -0.2) is 0 Å². The molecule has 10 rings (SSSR count). The Labute approximate surface area is 119 Å². The molecule has 0 N–H and O–H groups in total. The molecule has 118 valence electrons. The summed E-state index contributed by atoms with van der Waals surface area (Å²) in [6.45, 7) is 12.4. The molecular formula is C20H30Fe. The average molecular weight is 326 g/mol. The minimum atomic E-state index is -3.04. The number of hydrogen-bond donors (Lipinski definition) is 0. The van der Waals surface area contributed by atoms with Crippen molar-refractivity contribution in [2.24, 2.45) is 10.8 Å². The second-order valence-electron chi connectivity index (χ2n) is 15.6. The van der Waals surface area contributed by atoms with Crippen LogP contribution in [0, 0.1) is 10.8 Å². The molecule has 10 aliphatic heterocycles. The zero-order chi connectivity index (χ0) is 14.3. The Morgan fingerprint density at radius 2 is 0.905 bits per heavy atom. The molecule has 10 saturated heterocycles. The molecule has 0 nitrogen and oxygen atoms in total. The van der Waals surface area contributed by atoms with Gasteiger partial charge in [0.2, 0.25) is 0 Å². The summed E-state index contributed by atoms with van der Waals surface area (Å²) < 4.78 is 2.22. The Kier molecular flexibility index (Phi) is 0.397. The van der Waals surface area contributed by atoms with Crippen molar-refractivity contribution in [2.45, 2.75) is 102 Å². The molecule has 8 unspecified atom stereocenters. The van der Waals surface area contributed by atoms with Crippen LogP contribution in [0.25, 0.3) is 0 Å². The molecule has 0 amide bonds. The Bertz CT molecular complexity index is 1010. The van der Waals surface area contributed by atoms with E-state index >= 15 is 0 Å². The monoisotopic (exact) mass is 326 g/mol. The van der Waals surface area contributed by atoms with Crippen LogP contribution >= 0.6 is 0 Å². The van der Waals surface area contributed by atoms with Crippen molar-refractivity contribution < 1.29 is 6.51 Å². The molecule has 10 heterocycles. The van der Waals surface area contributed by atoms with E-state index in [0.717, 1.165) is 8.63 Å². The Morgan fingerprint density at radius 3 is 1.10 bits per heavy atom. The average Bonchev–Trinajstić information content (AvgIpc) is 3.20. The van der Waals surface area contributed by atoms with Crippen LogP contribution in [0.2, 0.25) is 47.2 Å². The van der Waals surface area contributed by atoms with Gasteiger partial charge in [0.1, 0.15) is 0 Å². The van der Waals surface area contributed by atoms with Crippen LogP contribution in [0.3, 0.4) is 0 Å². The van der Waals surface area contributed by atoms with E-state index < -0.39 is 6.51 Å². The molecule has 1 spiro atoms. The minimum absolute atomic E-state index is 0.612. The molecule has 0 aromatic rings. The molecule has 0 aromatic carbocycles. The van der Waals surface area contributed by atoms with Crippen LogP contribution < -0.4 is 0 Å².